The molecule has 0 aromatic carbocycles. The fourth-order valence-corrected chi connectivity index (χ4v) is 7.37. The average Bonchev–Trinajstić information content (AvgIpc) is 3.13. The van der Waals surface area contributed by atoms with Gasteiger partial charge in [-0.1, -0.05) is 220 Å². The Hall–Kier alpha value is -1.14. The second-order valence-electron chi connectivity index (χ2n) is 16.2. The number of carbonyl (C=O) groups is 2. The van der Waals surface area contributed by atoms with Crippen LogP contribution in [-0.4, -0.2) is 46.9 Å². The molecular formula is C46H91NO5. The van der Waals surface area contributed by atoms with Crippen molar-refractivity contribution in [2.45, 2.75) is 277 Å². The van der Waals surface area contributed by atoms with Gasteiger partial charge in [-0.2, -0.15) is 0 Å². The van der Waals surface area contributed by atoms with E-state index in [9.17, 15) is 19.8 Å². The van der Waals surface area contributed by atoms with E-state index in [0.29, 0.717) is 19.3 Å². The molecule has 0 aliphatic heterocycles. The highest BCUT2D eigenvalue weighted by Crippen LogP contribution is 2.18. The van der Waals surface area contributed by atoms with Gasteiger partial charge >= 0.3 is 5.97 Å². The smallest absolute Gasteiger partial charge is 0.306 e. The van der Waals surface area contributed by atoms with E-state index >= 15 is 0 Å². The van der Waals surface area contributed by atoms with E-state index in [2.05, 4.69) is 26.1 Å². The molecule has 0 fully saturated rings. The quantitative estimate of drug-likeness (QED) is 0.0428. The maximum absolute atomic E-state index is 13.1. The van der Waals surface area contributed by atoms with Crippen molar-refractivity contribution >= 4 is 11.9 Å². The predicted octanol–water partition coefficient (Wildman–Crippen LogP) is 13.2. The summed E-state index contributed by atoms with van der Waals surface area (Å²) in [6, 6.07) is -0.689. The van der Waals surface area contributed by atoms with Crippen LogP contribution in [0.15, 0.2) is 0 Å². The molecule has 0 bridgehead atoms. The molecule has 0 radical (unpaired) electrons. The molecule has 0 aliphatic rings. The molecule has 0 saturated heterocycles. The third-order valence-electron chi connectivity index (χ3n) is 10.9. The van der Waals surface area contributed by atoms with Crippen LogP contribution in [0.25, 0.3) is 0 Å². The first-order chi connectivity index (χ1) is 25.5. The minimum atomic E-state index is -0.777. The molecule has 0 aliphatic carbocycles. The molecule has 3 unspecified atom stereocenters. The predicted molar refractivity (Wildman–Crippen MR) is 223 cm³/mol. The monoisotopic (exact) mass is 738 g/mol. The van der Waals surface area contributed by atoms with E-state index in [-0.39, 0.29) is 24.9 Å². The number of rotatable bonds is 42. The highest BCUT2D eigenvalue weighted by atomic mass is 16.5. The summed E-state index contributed by atoms with van der Waals surface area (Å²) in [5, 5.41) is 23.6. The van der Waals surface area contributed by atoms with Gasteiger partial charge in [0, 0.05) is 6.42 Å². The van der Waals surface area contributed by atoms with Crippen molar-refractivity contribution in [2.75, 3.05) is 6.61 Å². The van der Waals surface area contributed by atoms with Crippen molar-refractivity contribution in [2.24, 2.45) is 0 Å². The second-order valence-corrected chi connectivity index (χ2v) is 16.2. The Kier molecular flexibility index (Phi) is 40.1. The van der Waals surface area contributed by atoms with Crippen LogP contribution in [-0.2, 0) is 14.3 Å². The Balaban J connectivity index is 4.30. The number of hydrogen-bond donors (Lipinski definition) is 3. The van der Waals surface area contributed by atoms with Crippen LogP contribution >= 0.6 is 0 Å². The van der Waals surface area contributed by atoms with Gasteiger partial charge in [0.25, 0.3) is 0 Å². The molecule has 0 heterocycles. The molecule has 0 saturated carbocycles. The van der Waals surface area contributed by atoms with Crippen LogP contribution in [0.4, 0.5) is 0 Å². The number of amides is 1. The Bertz CT molecular complexity index is 746. The summed E-state index contributed by atoms with van der Waals surface area (Å²) >= 11 is 0. The standard InChI is InChI=1S/C46H91NO5/c1-4-7-10-13-16-18-19-20-21-22-23-24-25-27-29-32-35-38-44(49)43(41-48)47-45(50)40-42(37-34-31-28-15-12-9-6-3)52-46(51)39-36-33-30-26-17-14-11-8-5-2/h42-44,48-49H,4-41H2,1-3H3,(H,47,50). The third kappa shape index (κ3) is 35.9. The third-order valence-corrected chi connectivity index (χ3v) is 10.9. The first kappa shape index (κ1) is 50.9. The molecule has 6 heteroatoms. The summed E-state index contributed by atoms with van der Waals surface area (Å²) in [6.45, 7) is 6.44. The number of aliphatic hydroxyl groups is 2. The number of aliphatic hydroxyl groups excluding tert-OH is 2. The van der Waals surface area contributed by atoms with E-state index < -0.39 is 18.2 Å². The molecule has 0 aromatic rings. The number of ether oxygens (including phenoxy) is 1. The van der Waals surface area contributed by atoms with Crippen molar-refractivity contribution in [3.63, 3.8) is 0 Å². The van der Waals surface area contributed by atoms with Crippen LogP contribution in [0.3, 0.4) is 0 Å². The summed E-state index contributed by atoms with van der Waals surface area (Å²) < 4.78 is 5.86. The molecular weight excluding hydrogens is 647 g/mol. The topological polar surface area (TPSA) is 95.9 Å². The first-order valence-electron chi connectivity index (χ1n) is 23.3. The van der Waals surface area contributed by atoms with Gasteiger partial charge in [0.05, 0.1) is 25.2 Å². The number of nitrogens with one attached hydrogen (secondary N) is 1. The van der Waals surface area contributed by atoms with Crippen molar-refractivity contribution < 1.29 is 24.5 Å². The van der Waals surface area contributed by atoms with Gasteiger partial charge in [0.1, 0.15) is 6.10 Å². The maximum Gasteiger partial charge on any atom is 0.306 e. The van der Waals surface area contributed by atoms with Gasteiger partial charge in [-0.15, -0.1) is 0 Å². The lowest BCUT2D eigenvalue weighted by Gasteiger charge is -2.24. The van der Waals surface area contributed by atoms with Gasteiger partial charge < -0.3 is 20.3 Å². The first-order valence-corrected chi connectivity index (χ1v) is 23.3. The van der Waals surface area contributed by atoms with E-state index in [0.717, 1.165) is 44.9 Å². The number of carbonyl (C=O) groups excluding carboxylic acids is 2. The number of esters is 1. The largest absolute Gasteiger partial charge is 0.462 e. The van der Waals surface area contributed by atoms with Crippen molar-refractivity contribution in [1.82, 2.24) is 5.32 Å². The molecule has 0 aromatic heterocycles. The summed E-state index contributed by atoms with van der Waals surface area (Å²) in [7, 11) is 0. The normalized spacial score (nSPS) is 13.2. The zero-order valence-electron chi connectivity index (χ0n) is 35.2. The van der Waals surface area contributed by atoms with Gasteiger partial charge in [-0.05, 0) is 25.7 Å². The van der Waals surface area contributed by atoms with Crippen LogP contribution in [0.5, 0.6) is 0 Å². The Morgan fingerprint density at radius 3 is 1.17 bits per heavy atom. The summed E-state index contributed by atoms with van der Waals surface area (Å²) in [5.41, 5.74) is 0. The minimum absolute atomic E-state index is 0.0850. The molecule has 1 amide bonds. The van der Waals surface area contributed by atoms with Crippen molar-refractivity contribution in [1.29, 1.82) is 0 Å². The van der Waals surface area contributed by atoms with E-state index in [1.165, 1.54) is 167 Å². The van der Waals surface area contributed by atoms with E-state index in [1.807, 2.05) is 0 Å². The fraction of sp³-hybridized carbons (Fsp3) is 0.957. The maximum atomic E-state index is 13.1. The van der Waals surface area contributed by atoms with Gasteiger partial charge in [-0.3, -0.25) is 9.59 Å². The van der Waals surface area contributed by atoms with Crippen LogP contribution in [0.2, 0.25) is 0 Å². The minimum Gasteiger partial charge on any atom is -0.462 e. The Morgan fingerprint density at radius 1 is 0.481 bits per heavy atom. The molecule has 6 nitrogen and oxygen atoms in total. The Labute approximate surface area is 324 Å². The van der Waals surface area contributed by atoms with Crippen LogP contribution in [0, 0.1) is 0 Å². The lowest BCUT2D eigenvalue weighted by Crippen LogP contribution is -2.46. The van der Waals surface area contributed by atoms with Gasteiger partial charge in [-0.25, -0.2) is 0 Å². The summed E-state index contributed by atoms with van der Waals surface area (Å²) in [6.07, 6.45) is 41.8. The molecule has 52 heavy (non-hydrogen) atoms. The second kappa shape index (κ2) is 41.0. The molecule has 3 N–H and O–H groups in total. The summed E-state index contributed by atoms with van der Waals surface area (Å²) in [4.78, 5) is 25.8. The fourth-order valence-electron chi connectivity index (χ4n) is 7.37. The highest BCUT2D eigenvalue weighted by Gasteiger charge is 2.24. The zero-order valence-corrected chi connectivity index (χ0v) is 35.2. The van der Waals surface area contributed by atoms with E-state index in [1.54, 1.807) is 0 Å². The van der Waals surface area contributed by atoms with Crippen LogP contribution < -0.4 is 5.32 Å². The molecule has 3 atom stereocenters. The SMILES string of the molecule is CCCCCCCCCCCCCCCCCCCC(O)C(CO)NC(=O)CC(CCCCCCCCC)OC(=O)CCCCCCCCCCC. The van der Waals surface area contributed by atoms with Gasteiger partial charge in [0.15, 0.2) is 0 Å². The van der Waals surface area contributed by atoms with Crippen LogP contribution in [0.1, 0.15) is 258 Å². The lowest BCUT2D eigenvalue weighted by atomic mass is 10.0. The Morgan fingerprint density at radius 2 is 0.808 bits per heavy atom. The highest BCUT2D eigenvalue weighted by molar-refractivity contribution is 5.77. The average molecular weight is 738 g/mol. The number of hydrogen-bond acceptors (Lipinski definition) is 5. The van der Waals surface area contributed by atoms with Crippen molar-refractivity contribution in [3.8, 4) is 0 Å². The number of unbranched alkanes of at least 4 members (excludes halogenated alkanes) is 30. The van der Waals surface area contributed by atoms with E-state index in [4.69, 9.17) is 4.74 Å². The lowest BCUT2D eigenvalue weighted by molar-refractivity contribution is -0.151. The zero-order chi connectivity index (χ0) is 38.2. The molecule has 0 spiro atoms. The summed E-state index contributed by atoms with van der Waals surface area (Å²) in [5.74, 6) is -0.467. The molecule has 310 valence electrons. The van der Waals surface area contributed by atoms with Crippen molar-refractivity contribution in [3.05, 3.63) is 0 Å². The van der Waals surface area contributed by atoms with Gasteiger partial charge in [0.2, 0.25) is 5.91 Å². The molecule has 0 rings (SSSR count).